The summed E-state index contributed by atoms with van der Waals surface area (Å²) in [5.41, 5.74) is 0.489. The van der Waals surface area contributed by atoms with Crippen LogP contribution in [-0.4, -0.2) is 45.4 Å². The van der Waals surface area contributed by atoms with Gasteiger partial charge in [-0.3, -0.25) is 4.21 Å². The molecule has 67 valence electrons. The number of ether oxygens (including phenoxy) is 1. The average molecular weight is 209 g/mol. The van der Waals surface area contributed by atoms with E-state index in [-0.39, 0.29) is 29.6 Å². The molecule has 0 aliphatic rings. The second-order valence-electron chi connectivity index (χ2n) is 2.07. The molecule has 1 aromatic carbocycles. The average Bonchev–Trinajstić information content (AvgIpc) is 2.03. The van der Waals surface area contributed by atoms with E-state index in [9.17, 15) is 8.76 Å². The molecule has 1 unspecified atom stereocenters. The van der Waals surface area contributed by atoms with Crippen molar-refractivity contribution in [1.29, 1.82) is 0 Å². The van der Waals surface area contributed by atoms with Gasteiger partial charge >= 0.3 is 0 Å². The zero-order valence-electron chi connectivity index (χ0n) is 7.44. The summed E-state index contributed by atoms with van der Waals surface area (Å²) in [6, 6.07) is 6.67. The monoisotopic (exact) mass is 209 g/mol. The molecule has 0 aromatic heterocycles. The molecule has 4 nitrogen and oxygen atoms in total. The van der Waals surface area contributed by atoms with Gasteiger partial charge in [-0.05, 0) is 12.1 Å². The fourth-order valence-electron chi connectivity index (χ4n) is 0.783. The van der Waals surface area contributed by atoms with E-state index in [2.05, 4.69) is 4.72 Å². The Morgan fingerprint density at radius 2 is 2.23 bits per heavy atom. The minimum absolute atomic E-state index is 0. The fourth-order valence-corrected chi connectivity index (χ4v) is 1.10. The van der Waals surface area contributed by atoms with E-state index < -0.39 is 11.3 Å². The molecule has 13 heavy (non-hydrogen) atoms. The Kier molecular flexibility index (Phi) is 6.36. The van der Waals surface area contributed by atoms with Crippen LogP contribution < -0.4 is 9.46 Å². The molecule has 0 bridgehead atoms. The van der Waals surface area contributed by atoms with Gasteiger partial charge in [0.2, 0.25) is 0 Å². The fraction of sp³-hybridized carbons (Fsp3) is 0.143. The molecule has 1 rings (SSSR count). The van der Waals surface area contributed by atoms with E-state index in [1.165, 1.54) is 7.11 Å². The van der Waals surface area contributed by atoms with E-state index in [0.29, 0.717) is 11.4 Å². The summed E-state index contributed by atoms with van der Waals surface area (Å²) >= 11 is -2.28. The molecule has 1 N–H and O–H groups in total. The molecular weight excluding hydrogens is 201 g/mol. The normalized spacial score (nSPS) is 11.2. The van der Waals surface area contributed by atoms with Crippen LogP contribution in [0.25, 0.3) is 0 Å². The maximum absolute atomic E-state index is 10.2. The van der Waals surface area contributed by atoms with E-state index in [4.69, 9.17) is 4.74 Å². The zero-order valence-corrected chi connectivity index (χ0v) is 10.3. The number of benzene rings is 1. The summed E-state index contributed by atoms with van der Waals surface area (Å²) in [4.78, 5) is 0. The minimum Gasteiger partial charge on any atom is -0.755 e. The third-order valence-corrected chi connectivity index (χ3v) is 1.67. The second-order valence-corrected chi connectivity index (χ2v) is 2.74. The SMILES string of the molecule is COc1cccc(NS(=O)[O-])c1.[Na]. The summed E-state index contributed by atoms with van der Waals surface area (Å²) in [5, 5.41) is 0. The molecule has 0 aliphatic heterocycles. The van der Waals surface area contributed by atoms with Gasteiger partial charge in [-0.15, -0.1) is 0 Å². The second kappa shape index (κ2) is 6.39. The van der Waals surface area contributed by atoms with Gasteiger partial charge < -0.3 is 14.0 Å². The van der Waals surface area contributed by atoms with E-state index in [1.807, 2.05) is 0 Å². The van der Waals surface area contributed by atoms with Gasteiger partial charge in [-0.25, -0.2) is 0 Å². The number of hydrogen-bond donors (Lipinski definition) is 1. The number of rotatable bonds is 3. The van der Waals surface area contributed by atoms with Crippen molar-refractivity contribution in [1.82, 2.24) is 0 Å². The predicted molar refractivity (Wildman–Crippen MR) is 51.3 cm³/mol. The predicted octanol–water partition coefficient (Wildman–Crippen LogP) is 0.520. The summed E-state index contributed by atoms with van der Waals surface area (Å²) in [5.74, 6) is 0.616. The quantitative estimate of drug-likeness (QED) is 0.583. The van der Waals surface area contributed by atoms with Gasteiger partial charge in [0.15, 0.2) is 0 Å². The Hall–Kier alpha value is -0.0700. The van der Waals surface area contributed by atoms with Gasteiger partial charge in [-0.1, -0.05) is 6.07 Å². The standard InChI is InChI=1S/C7H9NO3S.Na/c1-11-7-4-2-3-6(5-7)8-12(9)10;/h2-5,8H,1H3,(H,9,10);/p-1. The van der Waals surface area contributed by atoms with E-state index in [1.54, 1.807) is 24.3 Å². The molecule has 1 radical (unpaired) electrons. The summed E-state index contributed by atoms with van der Waals surface area (Å²) < 4.78 is 27.5. The molecule has 1 aromatic rings. The van der Waals surface area contributed by atoms with Crippen molar-refractivity contribution < 1.29 is 13.5 Å². The first-order valence-electron chi connectivity index (χ1n) is 3.22. The third kappa shape index (κ3) is 4.64. The van der Waals surface area contributed by atoms with Crippen LogP contribution in [0.2, 0.25) is 0 Å². The Balaban J connectivity index is 0.00000144. The molecule has 1 atom stereocenters. The number of hydrogen-bond acceptors (Lipinski definition) is 3. The van der Waals surface area contributed by atoms with Crippen molar-refractivity contribution in [2.24, 2.45) is 0 Å². The van der Waals surface area contributed by atoms with Crippen LogP contribution in [0.4, 0.5) is 5.69 Å². The van der Waals surface area contributed by atoms with Crippen LogP contribution in [-0.2, 0) is 11.3 Å². The molecule has 0 fully saturated rings. The first-order chi connectivity index (χ1) is 5.72. The number of nitrogens with one attached hydrogen (secondary N) is 1. The Bertz CT molecular complexity index is 295. The molecule has 0 saturated carbocycles. The number of methoxy groups -OCH3 is 1. The summed E-state index contributed by atoms with van der Waals surface area (Å²) in [7, 11) is 1.52. The van der Waals surface area contributed by atoms with Crippen molar-refractivity contribution in [3.05, 3.63) is 24.3 Å². The minimum atomic E-state index is -2.28. The molecule has 0 spiro atoms. The van der Waals surface area contributed by atoms with E-state index in [0.717, 1.165) is 0 Å². The van der Waals surface area contributed by atoms with Crippen LogP contribution >= 0.6 is 0 Å². The van der Waals surface area contributed by atoms with Crippen molar-refractivity contribution in [2.75, 3.05) is 11.8 Å². The number of anilines is 1. The summed E-state index contributed by atoms with van der Waals surface area (Å²) in [6.07, 6.45) is 0. The van der Waals surface area contributed by atoms with Crippen molar-refractivity contribution >= 4 is 46.5 Å². The van der Waals surface area contributed by atoms with Crippen molar-refractivity contribution in [2.45, 2.75) is 0 Å². The summed E-state index contributed by atoms with van der Waals surface area (Å²) in [6.45, 7) is 0. The first kappa shape index (κ1) is 12.9. The Morgan fingerprint density at radius 1 is 1.54 bits per heavy atom. The largest absolute Gasteiger partial charge is 0.755 e. The first-order valence-corrected chi connectivity index (χ1v) is 4.30. The van der Waals surface area contributed by atoms with Crippen molar-refractivity contribution in [3.63, 3.8) is 0 Å². The smallest absolute Gasteiger partial charge is 0.120 e. The zero-order chi connectivity index (χ0) is 8.97. The van der Waals surface area contributed by atoms with Gasteiger partial charge in [0.05, 0.1) is 7.11 Å². The molecular formula is C7H8NNaO3S-. The van der Waals surface area contributed by atoms with Gasteiger partial charge in [0.1, 0.15) is 5.75 Å². The van der Waals surface area contributed by atoms with Gasteiger partial charge in [0, 0.05) is 52.6 Å². The van der Waals surface area contributed by atoms with Crippen molar-refractivity contribution in [3.8, 4) is 5.75 Å². The maximum Gasteiger partial charge on any atom is 0.120 e. The molecule has 0 aliphatic carbocycles. The molecule has 0 heterocycles. The third-order valence-electron chi connectivity index (χ3n) is 1.27. The van der Waals surface area contributed by atoms with Crippen LogP contribution in [0, 0.1) is 0 Å². The van der Waals surface area contributed by atoms with Gasteiger partial charge in [-0.2, -0.15) is 0 Å². The maximum atomic E-state index is 10.2. The Morgan fingerprint density at radius 3 is 2.77 bits per heavy atom. The topological polar surface area (TPSA) is 61.4 Å². The molecule has 6 heteroatoms. The van der Waals surface area contributed by atoms with Crippen LogP contribution in [0.3, 0.4) is 0 Å². The van der Waals surface area contributed by atoms with Crippen LogP contribution in [0.5, 0.6) is 5.75 Å². The van der Waals surface area contributed by atoms with Gasteiger partial charge in [0.25, 0.3) is 0 Å². The van der Waals surface area contributed by atoms with E-state index >= 15 is 0 Å². The molecule has 0 saturated heterocycles. The van der Waals surface area contributed by atoms with Crippen LogP contribution in [0.15, 0.2) is 24.3 Å². The Labute approximate surface area is 101 Å². The van der Waals surface area contributed by atoms with Crippen LogP contribution in [0.1, 0.15) is 0 Å². The molecule has 0 amide bonds.